The standard InChI is InChI=1S/C21H28O3/c1-4-9-17(3)20-14-13-19(10-5-2)24-21(23-16-15-22-20)18-11-7-6-8-12-18/h1,6-9,11-12,19-21H,5,10,13-16H2,2-3H3/b17-9+. The summed E-state index contributed by atoms with van der Waals surface area (Å²) in [6.07, 6.45) is 11.0. The first kappa shape index (κ1) is 18.7. The van der Waals surface area contributed by atoms with Crippen LogP contribution in [0.2, 0.25) is 0 Å². The molecule has 1 aromatic rings. The molecule has 1 saturated heterocycles. The average Bonchev–Trinajstić information content (AvgIpc) is 2.61. The molecular formula is C21H28O3. The molecule has 0 bridgehead atoms. The number of hydrogen-bond donors (Lipinski definition) is 0. The molecule has 2 rings (SSSR count). The highest BCUT2D eigenvalue weighted by molar-refractivity contribution is 5.19. The molecule has 3 unspecified atom stereocenters. The summed E-state index contributed by atoms with van der Waals surface area (Å²) in [4.78, 5) is 0. The summed E-state index contributed by atoms with van der Waals surface area (Å²) >= 11 is 0. The third kappa shape index (κ3) is 5.79. The molecule has 1 heterocycles. The van der Waals surface area contributed by atoms with Crippen molar-refractivity contribution in [2.24, 2.45) is 0 Å². The van der Waals surface area contributed by atoms with E-state index in [2.05, 4.69) is 12.8 Å². The van der Waals surface area contributed by atoms with E-state index in [0.717, 1.165) is 36.8 Å². The topological polar surface area (TPSA) is 27.7 Å². The maximum Gasteiger partial charge on any atom is 0.184 e. The lowest BCUT2D eigenvalue weighted by Gasteiger charge is -2.29. The largest absolute Gasteiger partial charge is 0.371 e. The normalized spacial score (nSPS) is 26.5. The fourth-order valence-corrected chi connectivity index (χ4v) is 2.95. The Kier molecular flexibility index (Phi) is 8.04. The van der Waals surface area contributed by atoms with E-state index in [1.54, 1.807) is 6.08 Å². The van der Waals surface area contributed by atoms with Crippen molar-refractivity contribution in [2.45, 2.75) is 58.0 Å². The van der Waals surface area contributed by atoms with Crippen molar-refractivity contribution in [1.82, 2.24) is 0 Å². The molecule has 0 aliphatic carbocycles. The fraction of sp³-hybridized carbons (Fsp3) is 0.524. The zero-order valence-corrected chi connectivity index (χ0v) is 14.7. The van der Waals surface area contributed by atoms with Crippen LogP contribution in [-0.2, 0) is 14.2 Å². The summed E-state index contributed by atoms with van der Waals surface area (Å²) in [6, 6.07) is 10.1. The minimum Gasteiger partial charge on any atom is -0.371 e. The molecule has 0 aromatic heterocycles. The van der Waals surface area contributed by atoms with Crippen molar-refractivity contribution >= 4 is 0 Å². The highest BCUT2D eigenvalue weighted by Gasteiger charge is 2.22. The van der Waals surface area contributed by atoms with Crippen LogP contribution in [0.15, 0.2) is 42.0 Å². The van der Waals surface area contributed by atoms with Crippen LogP contribution in [0.3, 0.4) is 0 Å². The van der Waals surface area contributed by atoms with E-state index in [1.807, 2.05) is 37.3 Å². The third-order valence-corrected chi connectivity index (χ3v) is 4.24. The van der Waals surface area contributed by atoms with Gasteiger partial charge in [0.25, 0.3) is 0 Å². The number of ether oxygens (including phenoxy) is 3. The number of rotatable bonds is 4. The summed E-state index contributed by atoms with van der Waals surface area (Å²) < 4.78 is 18.3. The molecule has 0 amide bonds. The molecule has 0 saturated carbocycles. The van der Waals surface area contributed by atoms with Crippen molar-refractivity contribution in [3.63, 3.8) is 0 Å². The second kappa shape index (κ2) is 10.3. The lowest BCUT2D eigenvalue weighted by molar-refractivity contribution is -0.193. The monoisotopic (exact) mass is 328 g/mol. The van der Waals surface area contributed by atoms with Gasteiger partial charge in [-0.25, -0.2) is 0 Å². The van der Waals surface area contributed by atoms with E-state index >= 15 is 0 Å². The summed E-state index contributed by atoms with van der Waals surface area (Å²) in [5.41, 5.74) is 2.15. The molecular weight excluding hydrogens is 300 g/mol. The van der Waals surface area contributed by atoms with Gasteiger partial charge in [-0.3, -0.25) is 0 Å². The Hall–Kier alpha value is -1.60. The Morgan fingerprint density at radius 3 is 2.67 bits per heavy atom. The number of allylic oxidation sites excluding steroid dienone is 1. The highest BCUT2D eigenvalue weighted by atomic mass is 16.7. The summed E-state index contributed by atoms with van der Waals surface area (Å²) in [5, 5.41) is 0. The minimum absolute atomic E-state index is 0.0425. The van der Waals surface area contributed by atoms with Crippen molar-refractivity contribution in [2.75, 3.05) is 13.2 Å². The molecule has 0 N–H and O–H groups in total. The van der Waals surface area contributed by atoms with Gasteiger partial charge in [0, 0.05) is 5.56 Å². The molecule has 3 heteroatoms. The van der Waals surface area contributed by atoms with Gasteiger partial charge in [0.2, 0.25) is 0 Å². The van der Waals surface area contributed by atoms with Crippen LogP contribution in [-0.4, -0.2) is 25.4 Å². The van der Waals surface area contributed by atoms with E-state index in [-0.39, 0.29) is 18.5 Å². The molecule has 0 radical (unpaired) electrons. The van der Waals surface area contributed by atoms with Crippen molar-refractivity contribution in [3.8, 4) is 12.3 Å². The quantitative estimate of drug-likeness (QED) is 0.753. The number of hydrogen-bond acceptors (Lipinski definition) is 3. The van der Waals surface area contributed by atoms with E-state index in [9.17, 15) is 0 Å². The second-order valence-electron chi connectivity index (χ2n) is 6.15. The molecule has 3 nitrogen and oxygen atoms in total. The maximum absolute atomic E-state index is 6.30. The zero-order chi connectivity index (χ0) is 17.2. The van der Waals surface area contributed by atoms with Gasteiger partial charge in [-0.2, -0.15) is 0 Å². The maximum atomic E-state index is 6.30. The Balaban J connectivity index is 2.08. The van der Waals surface area contributed by atoms with E-state index in [0.29, 0.717) is 13.2 Å². The van der Waals surface area contributed by atoms with Gasteiger partial charge in [-0.15, -0.1) is 6.42 Å². The van der Waals surface area contributed by atoms with Crippen LogP contribution in [0, 0.1) is 12.3 Å². The average molecular weight is 328 g/mol. The lowest BCUT2D eigenvalue weighted by Crippen LogP contribution is -2.27. The minimum atomic E-state index is -0.328. The predicted molar refractivity (Wildman–Crippen MR) is 96.5 cm³/mol. The van der Waals surface area contributed by atoms with Gasteiger partial charge < -0.3 is 14.2 Å². The van der Waals surface area contributed by atoms with Crippen molar-refractivity contribution in [1.29, 1.82) is 0 Å². The Morgan fingerprint density at radius 1 is 1.21 bits per heavy atom. The smallest absolute Gasteiger partial charge is 0.184 e. The summed E-state index contributed by atoms with van der Waals surface area (Å²) in [6.45, 7) is 5.24. The van der Waals surface area contributed by atoms with Gasteiger partial charge in [0.05, 0.1) is 25.4 Å². The van der Waals surface area contributed by atoms with Gasteiger partial charge in [-0.1, -0.05) is 49.6 Å². The first-order valence-electron chi connectivity index (χ1n) is 8.81. The first-order chi connectivity index (χ1) is 11.7. The van der Waals surface area contributed by atoms with Crippen LogP contribution >= 0.6 is 0 Å². The van der Waals surface area contributed by atoms with Crippen molar-refractivity contribution in [3.05, 3.63) is 47.5 Å². The molecule has 1 aliphatic rings. The molecule has 130 valence electrons. The van der Waals surface area contributed by atoms with E-state index in [1.165, 1.54) is 0 Å². The molecule has 1 aliphatic heterocycles. The SMILES string of the molecule is C#C/C=C(\C)C1CCC(CCC)OC(c2ccccc2)OCCO1. The third-order valence-electron chi connectivity index (χ3n) is 4.24. The predicted octanol–water partition coefficient (Wildman–Crippen LogP) is 4.65. The van der Waals surface area contributed by atoms with Crippen LogP contribution < -0.4 is 0 Å². The van der Waals surface area contributed by atoms with E-state index in [4.69, 9.17) is 20.6 Å². The number of terminal acetylenes is 1. The second-order valence-corrected chi connectivity index (χ2v) is 6.15. The van der Waals surface area contributed by atoms with Gasteiger partial charge in [-0.05, 0) is 37.8 Å². The Morgan fingerprint density at radius 2 is 1.96 bits per heavy atom. The van der Waals surface area contributed by atoms with Crippen LogP contribution in [0.5, 0.6) is 0 Å². The molecule has 3 atom stereocenters. The first-order valence-corrected chi connectivity index (χ1v) is 8.81. The molecule has 1 fully saturated rings. The Bertz CT molecular complexity index is 544. The Labute approximate surface area is 146 Å². The highest BCUT2D eigenvalue weighted by Crippen LogP contribution is 2.27. The zero-order valence-electron chi connectivity index (χ0n) is 14.7. The fourth-order valence-electron chi connectivity index (χ4n) is 2.95. The van der Waals surface area contributed by atoms with Crippen LogP contribution in [0.25, 0.3) is 0 Å². The van der Waals surface area contributed by atoms with Crippen molar-refractivity contribution < 1.29 is 14.2 Å². The van der Waals surface area contributed by atoms with Gasteiger partial charge >= 0.3 is 0 Å². The van der Waals surface area contributed by atoms with Crippen LogP contribution in [0.1, 0.15) is 51.4 Å². The van der Waals surface area contributed by atoms with Gasteiger partial charge in [0.15, 0.2) is 6.29 Å². The summed E-state index contributed by atoms with van der Waals surface area (Å²) in [5.74, 6) is 2.59. The molecule has 24 heavy (non-hydrogen) atoms. The summed E-state index contributed by atoms with van der Waals surface area (Å²) in [7, 11) is 0. The lowest BCUT2D eigenvalue weighted by atomic mass is 10.0. The van der Waals surface area contributed by atoms with Gasteiger partial charge in [0.1, 0.15) is 0 Å². The van der Waals surface area contributed by atoms with E-state index < -0.39 is 0 Å². The number of benzene rings is 1. The molecule has 0 spiro atoms. The molecule has 1 aromatic carbocycles. The van der Waals surface area contributed by atoms with Crippen LogP contribution in [0.4, 0.5) is 0 Å².